The third-order valence-corrected chi connectivity index (χ3v) is 4.14. The molecule has 0 radical (unpaired) electrons. The summed E-state index contributed by atoms with van der Waals surface area (Å²) in [7, 11) is 0. The maximum absolute atomic E-state index is 12.2. The second-order valence-electron chi connectivity index (χ2n) is 5.53. The molecule has 134 valence electrons. The van der Waals surface area contributed by atoms with Crippen molar-refractivity contribution in [2.24, 2.45) is 5.10 Å². The fourth-order valence-electron chi connectivity index (χ4n) is 2.41. The summed E-state index contributed by atoms with van der Waals surface area (Å²) in [6, 6.07) is 16.4. The molecular formula is C19H17BrN2O4. The van der Waals surface area contributed by atoms with Crippen LogP contribution in [0.2, 0.25) is 0 Å². The van der Waals surface area contributed by atoms with Crippen molar-refractivity contribution in [2.45, 2.75) is 12.8 Å². The zero-order chi connectivity index (χ0) is 18.4. The quantitative estimate of drug-likeness (QED) is 0.533. The average molecular weight is 417 g/mol. The summed E-state index contributed by atoms with van der Waals surface area (Å²) >= 11 is 3.36. The van der Waals surface area contributed by atoms with Crippen molar-refractivity contribution in [3.63, 3.8) is 0 Å². The average Bonchev–Trinajstić information content (AvgIpc) is 2.66. The summed E-state index contributed by atoms with van der Waals surface area (Å²) in [6.45, 7) is 0.334. The molecule has 26 heavy (non-hydrogen) atoms. The van der Waals surface area contributed by atoms with E-state index in [1.165, 1.54) is 5.01 Å². The molecule has 1 aliphatic rings. The van der Waals surface area contributed by atoms with Crippen LogP contribution in [0.5, 0.6) is 5.75 Å². The van der Waals surface area contributed by atoms with Crippen LogP contribution < -0.4 is 9.75 Å². The Labute approximate surface area is 159 Å². The van der Waals surface area contributed by atoms with E-state index in [4.69, 9.17) is 9.47 Å². The maximum atomic E-state index is 12.2. The Balaban J connectivity index is 1.54. The van der Waals surface area contributed by atoms with Gasteiger partial charge in [0.1, 0.15) is 24.7 Å². The minimum atomic E-state index is -0.531. The third kappa shape index (κ3) is 4.70. The molecule has 0 aromatic heterocycles. The molecule has 0 unspecified atom stereocenters. The lowest BCUT2D eigenvalue weighted by atomic mass is 10.1. The molecule has 0 saturated carbocycles. The molecule has 0 spiro atoms. The maximum Gasteiger partial charge on any atom is 0.354 e. The van der Waals surface area contributed by atoms with Crippen molar-refractivity contribution in [1.82, 2.24) is 0 Å². The Kier molecular flexibility index (Phi) is 6.01. The summed E-state index contributed by atoms with van der Waals surface area (Å²) in [6.07, 6.45) is 0.491. The number of benzene rings is 2. The number of anilines is 1. The summed E-state index contributed by atoms with van der Waals surface area (Å²) in [5.74, 6) is 0.00768. The molecule has 1 aliphatic heterocycles. The lowest BCUT2D eigenvalue weighted by Gasteiger charge is -2.22. The zero-order valence-corrected chi connectivity index (χ0v) is 15.5. The number of carbonyl (C=O) groups is 2. The van der Waals surface area contributed by atoms with E-state index in [1.54, 1.807) is 12.1 Å². The molecule has 3 rings (SSSR count). The van der Waals surface area contributed by atoms with Crippen molar-refractivity contribution < 1.29 is 19.1 Å². The van der Waals surface area contributed by atoms with Gasteiger partial charge in [0, 0.05) is 17.3 Å². The van der Waals surface area contributed by atoms with Crippen LogP contribution in [0.1, 0.15) is 12.8 Å². The summed E-state index contributed by atoms with van der Waals surface area (Å²) in [5, 5.41) is 5.41. The zero-order valence-electron chi connectivity index (χ0n) is 13.9. The molecule has 1 amide bonds. The highest BCUT2D eigenvalue weighted by molar-refractivity contribution is 9.10. The highest BCUT2D eigenvalue weighted by Gasteiger charge is 2.26. The predicted octanol–water partition coefficient (Wildman–Crippen LogP) is 3.55. The van der Waals surface area contributed by atoms with Crippen molar-refractivity contribution in [2.75, 3.05) is 18.2 Å². The number of nitrogens with zero attached hydrogens (tertiary/aromatic N) is 2. The molecule has 0 aliphatic carbocycles. The lowest BCUT2D eigenvalue weighted by molar-refractivity contribution is -0.136. The van der Waals surface area contributed by atoms with Gasteiger partial charge < -0.3 is 9.47 Å². The van der Waals surface area contributed by atoms with Crippen LogP contribution in [-0.4, -0.2) is 30.8 Å². The fourth-order valence-corrected chi connectivity index (χ4v) is 2.78. The van der Waals surface area contributed by atoms with Crippen molar-refractivity contribution in [3.8, 4) is 5.75 Å². The second-order valence-corrected chi connectivity index (χ2v) is 6.45. The first-order valence-corrected chi connectivity index (χ1v) is 8.94. The van der Waals surface area contributed by atoms with Gasteiger partial charge in [-0.3, -0.25) is 4.79 Å². The summed E-state index contributed by atoms with van der Waals surface area (Å²) in [4.78, 5) is 24.2. The van der Waals surface area contributed by atoms with E-state index in [9.17, 15) is 9.59 Å². The molecule has 2 aromatic carbocycles. The molecule has 1 heterocycles. The van der Waals surface area contributed by atoms with Crippen LogP contribution in [0.15, 0.2) is 64.2 Å². The van der Waals surface area contributed by atoms with Gasteiger partial charge in [-0.2, -0.15) is 5.10 Å². The number of rotatable bonds is 6. The molecule has 2 aromatic rings. The van der Waals surface area contributed by atoms with E-state index < -0.39 is 5.97 Å². The number of amides is 1. The van der Waals surface area contributed by atoms with Crippen LogP contribution in [-0.2, 0) is 14.3 Å². The number of hydrazone groups is 1. The van der Waals surface area contributed by atoms with E-state index in [0.29, 0.717) is 11.4 Å². The van der Waals surface area contributed by atoms with Gasteiger partial charge in [-0.05, 0) is 30.3 Å². The highest BCUT2D eigenvalue weighted by atomic mass is 79.9. The van der Waals surface area contributed by atoms with E-state index in [0.717, 1.165) is 4.47 Å². The first kappa shape index (κ1) is 18.1. The number of ether oxygens (including phenoxy) is 2. The summed E-state index contributed by atoms with van der Waals surface area (Å²) in [5.41, 5.74) is 0.858. The van der Waals surface area contributed by atoms with E-state index in [1.807, 2.05) is 42.5 Å². The van der Waals surface area contributed by atoms with Gasteiger partial charge in [0.25, 0.3) is 0 Å². The molecule has 0 atom stereocenters. The molecular weight excluding hydrogens is 400 g/mol. The van der Waals surface area contributed by atoms with Crippen molar-refractivity contribution in [1.29, 1.82) is 0 Å². The normalized spacial score (nSPS) is 14.0. The van der Waals surface area contributed by atoms with Gasteiger partial charge in [-0.25, -0.2) is 9.80 Å². The Morgan fingerprint density at radius 2 is 1.88 bits per heavy atom. The third-order valence-electron chi connectivity index (χ3n) is 3.65. The standard InChI is InChI=1S/C19H17BrN2O4/c20-14-5-4-8-16(13-14)25-11-12-26-19(24)17-9-10-18(23)22(21-17)15-6-2-1-3-7-15/h1-8,13H,9-12H2. The second kappa shape index (κ2) is 8.62. The van der Waals surface area contributed by atoms with Gasteiger partial charge in [0.2, 0.25) is 5.91 Å². The van der Waals surface area contributed by atoms with Gasteiger partial charge in [0.05, 0.1) is 5.69 Å². The Hall–Kier alpha value is -2.67. The number of carbonyl (C=O) groups excluding carboxylic acids is 2. The number of halogens is 1. The van der Waals surface area contributed by atoms with E-state index in [2.05, 4.69) is 21.0 Å². The van der Waals surface area contributed by atoms with Crippen LogP contribution in [0.25, 0.3) is 0 Å². The minimum Gasteiger partial charge on any atom is -0.490 e. The van der Waals surface area contributed by atoms with E-state index in [-0.39, 0.29) is 37.7 Å². The van der Waals surface area contributed by atoms with Gasteiger partial charge >= 0.3 is 5.97 Å². The smallest absolute Gasteiger partial charge is 0.354 e. The van der Waals surface area contributed by atoms with Crippen LogP contribution >= 0.6 is 15.9 Å². The fraction of sp³-hybridized carbons (Fsp3) is 0.211. The monoisotopic (exact) mass is 416 g/mol. The van der Waals surface area contributed by atoms with Gasteiger partial charge in [0.15, 0.2) is 0 Å². The highest BCUT2D eigenvalue weighted by Crippen LogP contribution is 2.20. The molecule has 6 nitrogen and oxygen atoms in total. The van der Waals surface area contributed by atoms with Gasteiger partial charge in [-0.15, -0.1) is 0 Å². The SMILES string of the molecule is O=C(OCCOc1cccc(Br)c1)C1=NN(c2ccccc2)C(=O)CC1. The van der Waals surface area contributed by atoms with Crippen LogP contribution in [0.3, 0.4) is 0 Å². The Morgan fingerprint density at radius 1 is 1.08 bits per heavy atom. The number of esters is 1. The lowest BCUT2D eigenvalue weighted by Crippen LogP contribution is -2.35. The largest absolute Gasteiger partial charge is 0.490 e. The number of hydrogen-bond acceptors (Lipinski definition) is 5. The molecule has 0 bridgehead atoms. The molecule has 0 N–H and O–H groups in total. The Bertz CT molecular complexity index is 823. The van der Waals surface area contributed by atoms with Gasteiger partial charge in [-0.1, -0.05) is 40.2 Å². The number of hydrogen-bond donors (Lipinski definition) is 0. The van der Waals surface area contributed by atoms with Crippen molar-refractivity contribution >= 4 is 39.2 Å². The summed E-state index contributed by atoms with van der Waals surface area (Å²) < 4.78 is 11.6. The molecule has 7 heteroatoms. The Morgan fingerprint density at radius 3 is 2.65 bits per heavy atom. The van der Waals surface area contributed by atoms with Crippen LogP contribution in [0, 0.1) is 0 Å². The van der Waals surface area contributed by atoms with E-state index >= 15 is 0 Å². The number of para-hydroxylation sites is 1. The topological polar surface area (TPSA) is 68.2 Å². The minimum absolute atomic E-state index is 0.101. The van der Waals surface area contributed by atoms with Crippen LogP contribution in [0.4, 0.5) is 5.69 Å². The first-order chi connectivity index (χ1) is 12.6. The molecule has 0 saturated heterocycles. The predicted molar refractivity (Wildman–Crippen MR) is 101 cm³/mol. The molecule has 0 fully saturated rings. The first-order valence-electron chi connectivity index (χ1n) is 8.14. The van der Waals surface area contributed by atoms with Crippen molar-refractivity contribution in [3.05, 3.63) is 59.1 Å².